The van der Waals surface area contributed by atoms with Crippen molar-refractivity contribution < 1.29 is 4.74 Å². The summed E-state index contributed by atoms with van der Waals surface area (Å²) in [4.78, 5) is 2.63. The van der Waals surface area contributed by atoms with E-state index in [1.54, 1.807) is 22.7 Å². The van der Waals surface area contributed by atoms with E-state index in [2.05, 4.69) is 28.9 Å². The Balaban J connectivity index is 1.60. The lowest BCUT2D eigenvalue weighted by Gasteiger charge is -2.24. The molecule has 3 rings (SSSR count). The molecule has 0 radical (unpaired) electrons. The van der Waals surface area contributed by atoms with Gasteiger partial charge in [0.15, 0.2) is 0 Å². The third kappa shape index (κ3) is 4.30. The van der Waals surface area contributed by atoms with E-state index in [9.17, 15) is 0 Å². The quantitative estimate of drug-likeness (QED) is 0.789. The van der Waals surface area contributed by atoms with Gasteiger partial charge in [-0.05, 0) is 55.8 Å². The molecule has 2 nitrogen and oxygen atoms in total. The van der Waals surface area contributed by atoms with Crippen LogP contribution in [0.1, 0.15) is 41.5 Å². The van der Waals surface area contributed by atoms with Crippen molar-refractivity contribution >= 4 is 34.3 Å². The van der Waals surface area contributed by atoms with Crippen LogP contribution in [0.15, 0.2) is 29.6 Å². The van der Waals surface area contributed by atoms with Crippen LogP contribution < -0.4 is 5.32 Å². The topological polar surface area (TPSA) is 21.3 Å². The van der Waals surface area contributed by atoms with Crippen LogP contribution in [0, 0.1) is 0 Å². The minimum Gasteiger partial charge on any atom is -0.378 e. The van der Waals surface area contributed by atoms with Crippen LogP contribution in [-0.2, 0) is 4.74 Å². The predicted molar refractivity (Wildman–Crippen MR) is 91.7 cm³/mol. The normalized spacial score (nSPS) is 20.5. The van der Waals surface area contributed by atoms with Gasteiger partial charge in [0.1, 0.15) is 0 Å². The van der Waals surface area contributed by atoms with E-state index in [1.807, 2.05) is 6.07 Å². The van der Waals surface area contributed by atoms with Crippen molar-refractivity contribution in [2.24, 2.45) is 0 Å². The zero-order valence-corrected chi connectivity index (χ0v) is 14.3. The fourth-order valence-electron chi connectivity index (χ4n) is 2.70. The first-order valence-electron chi connectivity index (χ1n) is 7.46. The van der Waals surface area contributed by atoms with Crippen molar-refractivity contribution in [3.63, 3.8) is 0 Å². The van der Waals surface area contributed by atoms with Crippen molar-refractivity contribution in [2.75, 3.05) is 13.2 Å². The summed E-state index contributed by atoms with van der Waals surface area (Å²) in [5, 5.41) is 5.81. The predicted octanol–water partition coefficient (Wildman–Crippen LogP) is 5.10. The molecule has 0 saturated carbocycles. The molecule has 5 heteroatoms. The van der Waals surface area contributed by atoms with Crippen LogP contribution in [0.3, 0.4) is 0 Å². The van der Waals surface area contributed by atoms with Gasteiger partial charge in [0.05, 0.1) is 16.5 Å². The summed E-state index contributed by atoms with van der Waals surface area (Å²) in [5.74, 6) is 0. The number of ether oxygens (including phenoxy) is 1. The molecule has 0 spiro atoms. The number of rotatable bonds is 6. The molecule has 0 amide bonds. The maximum Gasteiger partial charge on any atom is 0.0931 e. The highest BCUT2D eigenvalue weighted by atomic mass is 35.5. The Morgan fingerprint density at radius 1 is 1.29 bits per heavy atom. The second kappa shape index (κ2) is 7.75. The Morgan fingerprint density at radius 2 is 2.24 bits per heavy atom. The van der Waals surface area contributed by atoms with Crippen molar-refractivity contribution in [2.45, 2.75) is 37.8 Å². The molecule has 0 bridgehead atoms. The minimum absolute atomic E-state index is 0.256. The molecule has 2 atom stereocenters. The molecule has 3 heterocycles. The summed E-state index contributed by atoms with van der Waals surface area (Å²) in [6, 6.07) is 8.66. The molecule has 1 N–H and O–H groups in total. The van der Waals surface area contributed by atoms with E-state index in [-0.39, 0.29) is 6.04 Å². The van der Waals surface area contributed by atoms with E-state index in [0.29, 0.717) is 6.10 Å². The molecule has 1 aliphatic rings. The standard InChI is InChI=1S/C16H20ClNOS2/c17-15-7-6-14(21-15)16(13-5-3-11-20-13)18-9-8-12-4-1-2-10-19-12/h3,5-7,11-12,16,18H,1-2,4,8-10H2. The summed E-state index contributed by atoms with van der Waals surface area (Å²) in [5.41, 5.74) is 0. The van der Waals surface area contributed by atoms with Crippen LogP contribution in [-0.4, -0.2) is 19.3 Å². The molecular formula is C16H20ClNOS2. The zero-order chi connectivity index (χ0) is 14.5. The van der Waals surface area contributed by atoms with Crippen LogP contribution in [0.25, 0.3) is 0 Å². The highest BCUT2D eigenvalue weighted by Gasteiger charge is 2.18. The third-order valence-corrected chi connectivity index (χ3v) is 6.03. The molecule has 0 aromatic carbocycles. The number of halogens is 1. The Bertz CT molecular complexity index is 534. The van der Waals surface area contributed by atoms with Gasteiger partial charge in [-0.15, -0.1) is 22.7 Å². The lowest BCUT2D eigenvalue weighted by atomic mass is 10.1. The molecule has 1 saturated heterocycles. The molecule has 1 fully saturated rings. The van der Waals surface area contributed by atoms with Gasteiger partial charge in [0.2, 0.25) is 0 Å². The Morgan fingerprint density at radius 3 is 2.90 bits per heavy atom. The first-order valence-corrected chi connectivity index (χ1v) is 9.54. The van der Waals surface area contributed by atoms with Crippen LogP contribution in [0.5, 0.6) is 0 Å². The number of nitrogens with one attached hydrogen (secondary N) is 1. The SMILES string of the molecule is Clc1ccc(C(NCCC2CCCCO2)c2cccs2)s1. The zero-order valence-electron chi connectivity index (χ0n) is 11.9. The van der Waals surface area contributed by atoms with Crippen molar-refractivity contribution in [1.82, 2.24) is 5.32 Å². The molecule has 2 unspecified atom stereocenters. The van der Waals surface area contributed by atoms with Crippen molar-refractivity contribution in [3.8, 4) is 0 Å². The lowest BCUT2D eigenvalue weighted by Crippen LogP contribution is -2.28. The molecule has 114 valence electrons. The fraction of sp³-hybridized carbons (Fsp3) is 0.500. The summed E-state index contributed by atoms with van der Waals surface area (Å²) >= 11 is 9.55. The van der Waals surface area contributed by atoms with Gasteiger partial charge in [-0.25, -0.2) is 0 Å². The minimum atomic E-state index is 0.256. The Labute approximate surface area is 139 Å². The smallest absolute Gasteiger partial charge is 0.0931 e. The van der Waals surface area contributed by atoms with Gasteiger partial charge in [-0.2, -0.15) is 0 Å². The molecular weight excluding hydrogens is 322 g/mol. The number of hydrogen-bond acceptors (Lipinski definition) is 4. The van der Waals surface area contributed by atoms with Crippen LogP contribution in [0.4, 0.5) is 0 Å². The average Bonchev–Trinajstić information content (AvgIpc) is 3.16. The summed E-state index contributed by atoms with van der Waals surface area (Å²) in [7, 11) is 0. The fourth-order valence-corrected chi connectivity index (χ4v) is 4.75. The molecule has 2 aromatic heterocycles. The summed E-state index contributed by atoms with van der Waals surface area (Å²) < 4.78 is 6.66. The number of hydrogen-bond donors (Lipinski definition) is 1. The summed E-state index contributed by atoms with van der Waals surface area (Å²) in [6.07, 6.45) is 5.24. The molecule has 0 aliphatic carbocycles. The highest BCUT2D eigenvalue weighted by molar-refractivity contribution is 7.16. The van der Waals surface area contributed by atoms with E-state index in [4.69, 9.17) is 16.3 Å². The third-order valence-electron chi connectivity index (χ3n) is 3.79. The largest absolute Gasteiger partial charge is 0.378 e. The molecule has 1 aliphatic heterocycles. The molecule has 2 aromatic rings. The van der Waals surface area contributed by atoms with Crippen LogP contribution in [0.2, 0.25) is 4.34 Å². The maximum atomic E-state index is 6.10. The lowest BCUT2D eigenvalue weighted by molar-refractivity contribution is 0.0113. The van der Waals surface area contributed by atoms with Crippen LogP contribution >= 0.6 is 34.3 Å². The second-order valence-electron chi connectivity index (χ2n) is 5.32. The van der Waals surface area contributed by atoms with Gasteiger partial charge in [0.25, 0.3) is 0 Å². The van der Waals surface area contributed by atoms with Gasteiger partial charge >= 0.3 is 0 Å². The maximum absolute atomic E-state index is 6.10. The Hall–Kier alpha value is -0.390. The van der Waals surface area contributed by atoms with Crippen molar-refractivity contribution in [3.05, 3.63) is 43.7 Å². The van der Waals surface area contributed by atoms with Gasteiger partial charge < -0.3 is 10.1 Å². The van der Waals surface area contributed by atoms with Crippen molar-refractivity contribution in [1.29, 1.82) is 0 Å². The first-order chi connectivity index (χ1) is 10.3. The van der Waals surface area contributed by atoms with Gasteiger partial charge in [0, 0.05) is 16.4 Å². The highest BCUT2D eigenvalue weighted by Crippen LogP contribution is 2.33. The number of thiophene rings is 2. The summed E-state index contributed by atoms with van der Waals surface area (Å²) in [6.45, 7) is 1.91. The van der Waals surface area contributed by atoms with E-state index in [0.717, 1.165) is 23.9 Å². The van der Waals surface area contributed by atoms with Gasteiger partial charge in [-0.3, -0.25) is 0 Å². The monoisotopic (exact) mass is 341 g/mol. The van der Waals surface area contributed by atoms with E-state index < -0.39 is 0 Å². The second-order valence-corrected chi connectivity index (χ2v) is 8.05. The van der Waals surface area contributed by atoms with Gasteiger partial charge in [-0.1, -0.05) is 17.7 Å². The average molecular weight is 342 g/mol. The Kier molecular flexibility index (Phi) is 5.72. The van der Waals surface area contributed by atoms with E-state index in [1.165, 1.54) is 29.0 Å². The first kappa shape index (κ1) is 15.5. The molecule has 21 heavy (non-hydrogen) atoms. The van der Waals surface area contributed by atoms with E-state index >= 15 is 0 Å².